The number of rotatable bonds is 5. The van der Waals surface area contributed by atoms with E-state index < -0.39 is 0 Å². The lowest BCUT2D eigenvalue weighted by Gasteiger charge is -2.17. The summed E-state index contributed by atoms with van der Waals surface area (Å²) >= 11 is 0. The Labute approximate surface area is 113 Å². The number of hydrogen-bond acceptors (Lipinski definition) is 4. The van der Waals surface area contributed by atoms with Gasteiger partial charge in [-0.05, 0) is 38.1 Å². The van der Waals surface area contributed by atoms with Crippen molar-refractivity contribution >= 4 is 22.1 Å². The molecule has 0 amide bonds. The van der Waals surface area contributed by atoms with Gasteiger partial charge in [-0.2, -0.15) is 0 Å². The monoisotopic (exact) mass is 256 g/mol. The van der Waals surface area contributed by atoms with E-state index in [0.717, 1.165) is 41.3 Å². The van der Waals surface area contributed by atoms with Crippen LogP contribution >= 0.6 is 0 Å². The summed E-state index contributed by atoms with van der Waals surface area (Å²) in [6.07, 6.45) is 6.36. The number of nitrogen functional groups attached to an aromatic ring is 1. The van der Waals surface area contributed by atoms with Gasteiger partial charge in [0, 0.05) is 53.7 Å². The number of nitrogens with zero attached hydrogens (tertiary/aromatic N) is 2. The molecule has 0 saturated heterocycles. The number of nitrogens with two attached hydrogens (primary N) is 1. The lowest BCUT2D eigenvalue weighted by Crippen LogP contribution is -2.27. The lowest BCUT2D eigenvalue weighted by molar-refractivity contribution is 0.337. The number of nitrogens with one attached hydrogen (secondary N) is 1. The summed E-state index contributed by atoms with van der Waals surface area (Å²) in [5, 5.41) is 5.65. The molecule has 3 N–H and O–H groups in total. The number of pyridine rings is 1. The quantitative estimate of drug-likeness (QED) is 0.806. The van der Waals surface area contributed by atoms with Crippen molar-refractivity contribution in [3.8, 4) is 0 Å². The molecular formula is C15H20N4. The van der Waals surface area contributed by atoms with Crippen LogP contribution < -0.4 is 11.1 Å². The highest BCUT2D eigenvalue weighted by Gasteiger charge is 2.25. The number of anilines is 2. The van der Waals surface area contributed by atoms with Gasteiger partial charge in [-0.15, -0.1) is 0 Å². The fraction of sp³-hybridized carbons (Fsp3) is 0.400. The Morgan fingerprint density at radius 3 is 2.95 bits per heavy atom. The first kappa shape index (κ1) is 12.2. The van der Waals surface area contributed by atoms with Crippen LogP contribution in [-0.4, -0.2) is 36.1 Å². The number of aromatic nitrogens is 1. The Balaban J connectivity index is 1.72. The van der Waals surface area contributed by atoms with E-state index in [0.29, 0.717) is 0 Å². The molecule has 0 unspecified atom stereocenters. The van der Waals surface area contributed by atoms with Crippen LogP contribution in [0, 0.1) is 0 Å². The van der Waals surface area contributed by atoms with Crippen molar-refractivity contribution in [2.45, 2.75) is 18.9 Å². The van der Waals surface area contributed by atoms with Gasteiger partial charge < -0.3 is 16.0 Å². The summed E-state index contributed by atoms with van der Waals surface area (Å²) in [6.45, 7) is 2.01. The molecule has 1 aromatic carbocycles. The number of hydrogen-bond donors (Lipinski definition) is 2. The molecule has 4 nitrogen and oxygen atoms in total. The normalized spacial score (nSPS) is 15.1. The molecule has 0 atom stereocenters. The molecular weight excluding hydrogens is 236 g/mol. The molecule has 1 aromatic heterocycles. The third-order valence-corrected chi connectivity index (χ3v) is 3.80. The van der Waals surface area contributed by atoms with E-state index in [1.54, 1.807) is 6.20 Å². The summed E-state index contributed by atoms with van der Waals surface area (Å²) in [6, 6.07) is 6.77. The van der Waals surface area contributed by atoms with Gasteiger partial charge in [0.05, 0.1) is 0 Å². The van der Waals surface area contributed by atoms with E-state index in [2.05, 4.69) is 22.2 Å². The second-order valence-electron chi connectivity index (χ2n) is 5.26. The van der Waals surface area contributed by atoms with E-state index in [1.807, 2.05) is 24.4 Å². The van der Waals surface area contributed by atoms with Crippen molar-refractivity contribution in [1.29, 1.82) is 0 Å². The highest BCUT2D eigenvalue weighted by Crippen LogP contribution is 2.28. The van der Waals surface area contributed by atoms with Crippen molar-refractivity contribution in [3.05, 3.63) is 30.6 Å². The van der Waals surface area contributed by atoms with Crippen LogP contribution in [0.3, 0.4) is 0 Å². The average Bonchev–Trinajstić information content (AvgIpc) is 3.26. The summed E-state index contributed by atoms with van der Waals surface area (Å²) in [4.78, 5) is 6.61. The average molecular weight is 256 g/mol. The van der Waals surface area contributed by atoms with Crippen LogP contribution in [0.25, 0.3) is 10.8 Å². The zero-order valence-corrected chi connectivity index (χ0v) is 11.3. The van der Waals surface area contributed by atoms with E-state index in [4.69, 9.17) is 5.73 Å². The minimum absolute atomic E-state index is 0.804. The third-order valence-electron chi connectivity index (χ3n) is 3.80. The maximum atomic E-state index is 5.99. The Morgan fingerprint density at radius 2 is 2.16 bits per heavy atom. The Kier molecular flexibility index (Phi) is 3.25. The Hall–Kier alpha value is -1.81. The molecule has 1 fully saturated rings. The van der Waals surface area contributed by atoms with Crippen LogP contribution in [0.5, 0.6) is 0 Å². The third kappa shape index (κ3) is 2.63. The van der Waals surface area contributed by atoms with Gasteiger partial charge in [-0.3, -0.25) is 4.98 Å². The van der Waals surface area contributed by atoms with Gasteiger partial charge >= 0.3 is 0 Å². The van der Waals surface area contributed by atoms with Crippen LogP contribution in [0.4, 0.5) is 11.4 Å². The van der Waals surface area contributed by atoms with Crippen LogP contribution in [0.2, 0.25) is 0 Å². The van der Waals surface area contributed by atoms with Gasteiger partial charge in [-0.1, -0.05) is 0 Å². The molecule has 0 aliphatic heterocycles. The number of likely N-dealkylation sites (N-methyl/N-ethyl adjacent to an activating group) is 1. The van der Waals surface area contributed by atoms with Crippen molar-refractivity contribution in [2.75, 3.05) is 31.2 Å². The largest absolute Gasteiger partial charge is 0.398 e. The predicted octanol–water partition coefficient (Wildman–Crippen LogP) is 2.32. The lowest BCUT2D eigenvalue weighted by atomic mass is 10.1. The Morgan fingerprint density at radius 1 is 1.32 bits per heavy atom. The molecule has 1 aliphatic carbocycles. The van der Waals surface area contributed by atoms with Crippen LogP contribution in [-0.2, 0) is 0 Å². The minimum Gasteiger partial charge on any atom is -0.398 e. The molecule has 19 heavy (non-hydrogen) atoms. The Bertz CT molecular complexity index is 577. The molecule has 1 saturated carbocycles. The zero-order valence-electron chi connectivity index (χ0n) is 11.3. The highest BCUT2D eigenvalue weighted by atomic mass is 15.2. The molecule has 0 spiro atoms. The smallest absolute Gasteiger partial charge is 0.0437 e. The SMILES string of the molecule is CN(CCNc1ccc(N)c2ccncc12)C1CC1. The summed E-state index contributed by atoms with van der Waals surface area (Å²) in [7, 11) is 2.20. The van der Waals surface area contributed by atoms with E-state index in [1.165, 1.54) is 12.8 Å². The molecule has 0 bridgehead atoms. The fourth-order valence-electron chi connectivity index (χ4n) is 2.43. The second kappa shape index (κ2) is 5.05. The van der Waals surface area contributed by atoms with E-state index >= 15 is 0 Å². The standard InChI is InChI=1S/C15H20N4/c1-19(11-2-3-11)9-8-18-15-5-4-14(16)12-6-7-17-10-13(12)15/h4-7,10-11,18H,2-3,8-9,16H2,1H3. The predicted molar refractivity (Wildman–Crippen MR) is 80.3 cm³/mol. The summed E-state index contributed by atoms with van der Waals surface area (Å²) in [5.41, 5.74) is 7.90. The van der Waals surface area contributed by atoms with Crippen molar-refractivity contribution in [3.63, 3.8) is 0 Å². The van der Waals surface area contributed by atoms with Gasteiger partial charge in [0.25, 0.3) is 0 Å². The topological polar surface area (TPSA) is 54.2 Å². The first-order chi connectivity index (χ1) is 9.25. The van der Waals surface area contributed by atoms with Crippen LogP contribution in [0.1, 0.15) is 12.8 Å². The van der Waals surface area contributed by atoms with Crippen molar-refractivity contribution in [1.82, 2.24) is 9.88 Å². The second-order valence-corrected chi connectivity index (χ2v) is 5.26. The molecule has 2 aromatic rings. The van der Waals surface area contributed by atoms with Crippen LogP contribution in [0.15, 0.2) is 30.6 Å². The fourth-order valence-corrected chi connectivity index (χ4v) is 2.43. The molecule has 4 heteroatoms. The molecule has 1 aliphatic rings. The van der Waals surface area contributed by atoms with Crippen molar-refractivity contribution in [2.24, 2.45) is 0 Å². The molecule has 100 valence electrons. The van der Waals surface area contributed by atoms with Gasteiger partial charge in [0.1, 0.15) is 0 Å². The number of benzene rings is 1. The first-order valence-corrected chi connectivity index (χ1v) is 6.82. The molecule has 0 radical (unpaired) electrons. The van der Waals surface area contributed by atoms with Gasteiger partial charge in [0.2, 0.25) is 0 Å². The van der Waals surface area contributed by atoms with E-state index in [9.17, 15) is 0 Å². The maximum absolute atomic E-state index is 5.99. The molecule has 3 rings (SSSR count). The number of fused-ring (bicyclic) bond motifs is 1. The molecule has 1 heterocycles. The first-order valence-electron chi connectivity index (χ1n) is 6.82. The van der Waals surface area contributed by atoms with E-state index in [-0.39, 0.29) is 0 Å². The van der Waals surface area contributed by atoms with Gasteiger partial charge in [-0.25, -0.2) is 0 Å². The summed E-state index contributed by atoms with van der Waals surface area (Å²) in [5.74, 6) is 0. The highest BCUT2D eigenvalue weighted by molar-refractivity contribution is 6.00. The van der Waals surface area contributed by atoms with Crippen molar-refractivity contribution < 1.29 is 0 Å². The summed E-state index contributed by atoms with van der Waals surface area (Å²) < 4.78 is 0. The van der Waals surface area contributed by atoms with Gasteiger partial charge in [0.15, 0.2) is 0 Å². The zero-order chi connectivity index (χ0) is 13.2. The maximum Gasteiger partial charge on any atom is 0.0437 e. The minimum atomic E-state index is 0.804.